The van der Waals surface area contributed by atoms with Crippen LogP contribution >= 0.6 is 11.3 Å². The predicted molar refractivity (Wildman–Crippen MR) is 75.9 cm³/mol. The minimum atomic E-state index is 0.624. The van der Waals surface area contributed by atoms with Gasteiger partial charge in [-0.2, -0.15) is 0 Å². The Hall–Kier alpha value is -1.81. The molecule has 0 aliphatic carbocycles. The fourth-order valence-corrected chi connectivity index (χ4v) is 3.04. The van der Waals surface area contributed by atoms with Gasteiger partial charge in [-0.15, -0.1) is 11.3 Å². The van der Waals surface area contributed by atoms with E-state index in [2.05, 4.69) is 18.8 Å². The molecule has 0 amide bonds. The summed E-state index contributed by atoms with van der Waals surface area (Å²) in [5.74, 6) is 0.624. The number of anilines is 1. The lowest BCUT2D eigenvalue weighted by Gasteiger charge is -1.96. The molecule has 0 spiro atoms. The summed E-state index contributed by atoms with van der Waals surface area (Å²) in [6.07, 6.45) is 0. The molecule has 0 bridgehead atoms. The summed E-state index contributed by atoms with van der Waals surface area (Å²) >= 11 is 1.58. The number of nitrogen functional groups attached to an aromatic ring is 1. The largest absolute Gasteiger partial charge is 0.436 e. The van der Waals surface area contributed by atoms with Crippen LogP contribution in [-0.4, -0.2) is 4.98 Å². The summed E-state index contributed by atoms with van der Waals surface area (Å²) < 4.78 is 5.88. The fourth-order valence-electron chi connectivity index (χ4n) is 2.11. The number of rotatable bonds is 1. The minimum absolute atomic E-state index is 0.624. The van der Waals surface area contributed by atoms with Crippen molar-refractivity contribution in [3.8, 4) is 11.5 Å². The zero-order chi connectivity index (χ0) is 12.9. The Morgan fingerprint density at radius 3 is 2.61 bits per heavy atom. The average Bonchev–Trinajstić information content (AvgIpc) is 2.83. The van der Waals surface area contributed by atoms with Crippen LogP contribution in [0.5, 0.6) is 0 Å². The average molecular weight is 258 g/mol. The monoisotopic (exact) mass is 258 g/mol. The molecule has 3 rings (SSSR count). The Balaban J connectivity index is 2.29. The molecule has 0 radical (unpaired) electrons. The van der Waals surface area contributed by atoms with Crippen molar-refractivity contribution in [1.82, 2.24) is 4.98 Å². The summed E-state index contributed by atoms with van der Waals surface area (Å²) in [7, 11) is 0. The van der Waals surface area contributed by atoms with E-state index in [1.807, 2.05) is 25.1 Å². The van der Waals surface area contributed by atoms with Crippen molar-refractivity contribution in [3.63, 3.8) is 0 Å². The number of nitrogens with zero attached hydrogens (tertiary/aromatic N) is 1. The second-order valence-electron chi connectivity index (χ2n) is 4.46. The Morgan fingerprint density at radius 1 is 1.22 bits per heavy atom. The van der Waals surface area contributed by atoms with Crippen LogP contribution < -0.4 is 5.73 Å². The summed E-state index contributed by atoms with van der Waals surface area (Å²) in [6.45, 7) is 6.14. The first kappa shape index (κ1) is 11.3. The van der Waals surface area contributed by atoms with Gasteiger partial charge in [0.2, 0.25) is 5.89 Å². The van der Waals surface area contributed by atoms with Gasteiger partial charge in [-0.3, -0.25) is 0 Å². The number of oxazole rings is 1. The number of aryl methyl sites for hydroxylation is 2. The highest BCUT2D eigenvalue weighted by molar-refractivity contribution is 7.16. The van der Waals surface area contributed by atoms with E-state index >= 15 is 0 Å². The van der Waals surface area contributed by atoms with Crippen molar-refractivity contribution < 1.29 is 4.42 Å². The SMILES string of the molecule is Cc1sc(N)c(-c2nc3cccc(C)c3o2)c1C. The molecule has 0 saturated heterocycles. The lowest BCUT2D eigenvalue weighted by molar-refractivity contribution is 0.617. The third kappa shape index (κ3) is 1.53. The van der Waals surface area contributed by atoms with E-state index in [1.54, 1.807) is 11.3 Å². The van der Waals surface area contributed by atoms with Crippen molar-refractivity contribution >= 4 is 27.4 Å². The summed E-state index contributed by atoms with van der Waals surface area (Å²) in [5, 5.41) is 0.772. The van der Waals surface area contributed by atoms with E-state index in [9.17, 15) is 0 Å². The molecular weight excluding hydrogens is 244 g/mol. The van der Waals surface area contributed by atoms with Crippen molar-refractivity contribution in [2.75, 3.05) is 5.73 Å². The van der Waals surface area contributed by atoms with Crippen LogP contribution in [0.15, 0.2) is 22.6 Å². The van der Waals surface area contributed by atoms with Crippen molar-refractivity contribution in [1.29, 1.82) is 0 Å². The number of benzene rings is 1. The molecule has 0 aliphatic rings. The molecule has 0 fully saturated rings. The molecule has 2 aromatic heterocycles. The molecule has 2 heterocycles. The highest BCUT2D eigenvalue weighted by Gasteiger charge is 2.18. The zero-order valence-corrected chi connectivity index (χ0v) is 11.4. The first-order valence-corrected chi connectivity index (χ1v) is 6.61. The third-order valence-corrected chi connectivity index (χ3v) is 4.27. The van der Waals surface area contributed by atoms with Crippen molar-refractivity contribution in [2.24, 2.45) is 0 Å². The van der Waals surface area contributed by atoms with Crippen LogP contribution in [0.4, 0.5) is 5.00 Å². The number of hydrogen-bond donors (Lipinski definition) is 1. The highest BCUT2D eigenvalue weighted by Crippen LogP contribution is 2.38. The second kappa shape index (κ2) is 3.85. The van der Waals surface area contributed by atoms with Crippen LogP contribution in [0.2, 0.25) is 0 Å². The van der Waals surface area contributed by atoms with Crippen LogP contribution in [-0.2, 0) is 0 Å². The van der Waals surface area contributed by atoms with Crippen LogP contribution in [0.25, 0.3) is 22.6 Å². The van der Waals surface area contributed by atoms with Gasteiger partial charge < -0.3 is 10.2 Å². The van der Waals surface area contributed by atoms with Gasteiger partial charge in [0.25, 0.3) is 0 Å². The number of nitrogens with two attached hydrogens (primary N) is 1. The predicted octanol–water partition coefficient (Wildman–Crippen LogP) is 4.06. The van der Waals surface area contributed by atoms with Crippen molar-refractivity contribution in [3.05, 3.63) is 34.2 Å². The van der Waals surface area contributed by atoms with Gasteiger partial charge in [0.1, 0.15) is 5.52 Å². The molecule has 3 nitrogen and oxygen atoms in total. The maximum atomic E-state index is 6.05. The number of aromatic nitrogens is 1. The molecule has 0 aliphatic heterocycles. The lowest BCUT2D eigenvalue weighted by Crippen LogP contribution is -1.85. The molecule has 92 valence electrons. The normalized spacial score (nSPS) is 11.3. The fraction of sp³-hybridized carbons (Fsp3) is 0.214. The van der Waals surface area contributed by atoms with E-state index in [0.717, 1.165) is 32.8 Å². The smallest absolute Gasteiger partial charge is 0.230 e. The summed E-state index contributed by atoms with van der Waals surface area (Å²) in [5.41, 5.74) is 11.0. The Labute approximate surface area is 109 Å². The molecule has 18 heavy (non-hydrogen) atoms. The minimum Gasteiger partial charge on any atom is -0.436 e. The molecular formula is C14H14N2OS. The molecule has 0 saturated carbocycles. The summed E-state index contributed by atoms with van der Waals surface area (Å²) in [4.78, 5) is 5.75. The van der Waals surface area contributed by atoms with Crippen LogP contribution in [0.1, 0.15) is 16.0 Å². The topological polar surface area (TPSA) is 52.0 Å². The van der Waals surface area contributed by atoms with Crippen molar-refractivity contribution in [2.45, 2.75) is 20.8 Å². The van der Waals surface area contributed by atoms with Gasteiger partial charge in [-0.05, 0) is 38.0 Å². The van der Waals surface area contributed by atoms with Gasteiger partial charge in [-0.1, -0.05) is 12.1 Å². The molecule has 3 aromatic rings. The van der Waals surface area contributed by atoms with Gasteiger partial charge in [0.05, 0.1) is 10.6 Å². The number of fused-ring (bicyclic) bond motifs is 1. The molecule has 0 unspecified atom stereocenters. The lowest BCUT2D eigenvalue weighted by atomic mass is 10.1. The molecule has 2 N–H and O–H groups in total. The Bertz CT molecular complexity index is 740. The van der Waals surface area contributed by atoms with Gasteiger partial charge in [0, 0.05) is 4.88 Å². The van der Waals surface area contributed by atoms with Crippen LogP contribution in [0.3, 0.4) is 0 Å². The first-order valence-electron chi connectivity index (χ1n) is 5.80. The standard InChI is InChI=1S/C14H14N2OS/c1-7-5-4-6-10-12(7)17-14(16-10)11-8(2)9(3)18-13(11)15/h4-6H,15H2,1-3H3. The Kier molecular flexibility index (Phi) is 2.41. The van der Waals surface area contributed by atoms with E-state index in [-0.39, 0.29) is 0 Å². The Morgan fingerprint density at radius 2 is 2.00 bits per heavy atom. The first-order chi connectivity index (χ1) is 8.58. The molecule has 1 aromatic carbocycles. The van der Waals surface area contributed by atoms with E-state index in [4.69, 9.17) is 10.2 Å². The highest BCUT2D eigenvalue weighted by atomic mass is 32.1. The number of thiophene rings is 1. The number of para-hydroxylation sites is 1. The molecule has 0 atom stereocenters. The van der Waals surface area contributed by atoms with E-state index < -0.39 is 0 Å². The van der Waals surface area contributed by atoms with Gasteiger partial charge in [0.15, 0.2) is 5.58 Å². The van der Waals surface area contributed by atoms with Crippen LogP contribution in [0, 0.1) is 20.8 Å². The maximum absolute atomic E-state index is 6.05. The van der Waals surface area contributed by atoms with Gasteiger partial charge in [-0.25, -0.2) is 4.98 Å². The quantitative estimate of drug-likeness (QED) is 0.716. The maximum Gasteiger partial charge on any atom is 0.230 e. The number of hydrogen-bond acceptors (Lipinski definition) is 4. The van der Waals surface area contributed by atoms with E-state index in [1.165, 1.54) is 4.88 Å². The molecule has 4 heteroatoms. The zero-order valence-electron chi connectivity index (χ0n) is 10.6. The second-order valence-corrected chi connectivity index (χ2v) is 5.72. The van der Waals surface area contributed by atoms with E-state index in [0.29, 0.717) is 5.89 Å². The summed E-state index contributed by atoms with van der Waals surface area (Å²) in [6, 6.07) is 5.96. The third-order valence-electron chi connectivity index (χ3n) is 3.24. The van der Waals surface area contributed by atoms with Gasteiger partial charge >= 0.3 is 0 Å².